The van der Waals surface area contributed by atoms with Crippen LogP contribution in [0.3, 0.4) is 0 Å². The first-order chi connectivity index (χ1) is 15.2. The van der Waals surface area contributed by atoms with Crippen molar-refractivity contribution < 1.29 is 9.47 Å². The van der Waals surface area contributed by atoms with Crippen LogP contribution in [0.5, 0.6) is 11.5 Å². The van der Waals surface area contributed by atoms with Crippen LogP contribution in [0.1, 0.15) is 16.7 Å². The molecule has 0 amide bonds. The molecule has 9 heteroatoms. The van der Waals surface area contributed by atoms with Crippen LogP contribution in [-0.2, 0) is 19.5 Å². The highest BCUT2D eigenvalue weighted by Crippen LogP contribution is 2.33. The van der Waals surface area contributed by atoms with E-state index in [1.807, 2.05) is 12.1 Å². The van der Waals surface area contributed by atoms with Gasteiger partial charge in [-0.15, -0.1) is 5.10 Å². The SMILES string of the molecule is COc1cc2c(cc1OC)CN(Cc1cnc(N)n3nc(-c4ccncc4)nc13)CC2. The van der Waals surface area contributed by atoms with Gasteiger partial charge in [0.15, 0.2) is 23.0 Å². The molecule has 0 atom stereocenters. The molecule has 31 heavy (non-hydrogen) atoms. The Hall–Kier alpha value is -3.72. The molecule has 0 saturated carbocycles. The molecule has 2 N–H and O–H groups in total. The highest BCUT2D eigenvalue weighted by atomic mass is 16.5. The van der Waals surface area contributed by atoms with Crippen LogP contribution in [0.15, 0.2) is 42.9 Å². The molecule has 9 nitrogen and oxygen atoms in total. The molecule has 0 saturated heterocycles. The Bertz CT molecular complexity index is 1240. The average Bonchev–Trinajstić information content (AvgIpc) is 3.27. The van der Waals surface area contributed by atoms with Gasteiger partial charge in [-0.2, -0.15) is 4.52 Å². The van der Waals surface area contributed by atoms with Gasteiger partial charge in [0.2, 0.25) is 5.95 Å². The fraction of sp³-hybridized carbons (Fsp3) is 0.273. The van der Waals surface area contributed by atoms with Crippen LogP contribution in [-0.4, -0.2) is 50.2 Å². The van der Waals surface area contributed by atoms with E-state index >= 15 is 0 Å². The van der Waals surface area contributed by atoms with Crippen LogP contribution in [0, 0.1) is 0 Å². The predicted molar refractivity (Wildman–Crippen MR) is 116 cm³/mol. The number of rotatable bonds is 5. The molecular weight excluding hydrogens is 394 g/mol. The summed E-state index contributed by atoms with van der Waals surface area (Å²) >= 11 is 0. The number of pyridine rings is 1. The molecule has 1 aliphatic rings. The highest BCUT2D eigenvalue weighted by molar-refractivity contribution is 5.60. The van der Waals surface area contributed by atoms with E-state index in [1.165, 1.54) is 11.1 Å². The highest BCUT2D eigenvalue weighted by Gasteiger charge is 2.21. The van der Waals surface area contributed by atoms with Crippen molar-refractivity contribution in [3.8, 4) is 22.9 Å². The molecule has 0 radical (unpaired) electrons. The molecule has 4 aromatic rings. The molecule has 5 rings (SSSR count). The second kappa shape index (κ2) is 7.84. The van der Waals surface area contributed by atoms with Crippen molar-refractivity contribution in [2.24, 2.45) is 0 Å². The summed E-state index contributed by atoms with van der Waals surface area (Å²) in [5.41, 5.74) is 11.2. The predicted octanol–water partition coefficient (Wildman–Crippen LogP) is 2.34. The lowest BCUT2D eigenvalue weighted by Gasteiger charge is -2.29. The van der Waals surface area contributed by atoms with Gasteiger partial charge in [-0.1, -0.05) is 0 Å². The summed E-state index contributed by atoms with van der Waals surface area (Å²) in [6, 6.07) is 7.90. The summed E-state index contributed by atoms with van der Waals surface area (Å²) < 4.78 is 12.5. The topological polar surface area (TPSA) is 104 Å². The number of ether oxygens (including phenoxy) is 2. The van der Waals surface area contributed by atoms with Crippen molar-refractivity contribution in [2.45, 2.75) is 19.5 Å². The van der Waals surface area contributed by atoms with E-state index < -0.39 is 0 Å². The zero-order chi connectivity index (χ0) is 21.4. The molecule has 0 aliphatic carbocycles. The number of nitrogens with two attached hydrogens (primary N) is 1. The van der Waals surface area contributed by atoms with Crippen LogP contribution in [0.2, 0.25) is 0 Å². The summed E-state index contributed by atoms with van der Waals surface area (Å²) in [6.45, 7) is 2.42. The van der Waals surface area contributed by atoms with Gasteiger partial charge in [-0.3, -0.25) is 9.88 Å². The summed E-state index contributed by atoms with van der Waals surface area (Å²) in [7, 11) is 3.32. The molecule has 158 valence electrons. The van der Waals surface area contributed by atoms with E-state index in [1.54, 1.807) is 37.3 Å². The van der Waals surface area contributed by atoms with Gasteiger partial charge in [0.05, 0.1) is 14.2 Å². The number of fused-ring (bicyclic) bond motifs is 2. The van der Waals surface area contributed by atoms with Gasteiger partial charge in [-0.05, 0) is 41.8 Å². The zero-order valence-electron chi connectivity index (χ0n) is 17.4. The van der Waals surface area contributed by atoms with E-state index in [0.717, 1.165) is 47.8 Å². The number of hydrogen-bond donors (Lipinski definition) is 1. The molecule has 0 fully saturated rings. The van der Waals surface area contributed by atoms with Gasteiger partial charge >= 0.3 is 0 Å². The van der Waals surface area contributed by atoms with Crippen molar-refractivity contribution in [3.05, 3.63) is 59.5 Å². The second-order valence-electron chi connectivity index (χ2n) is 7.48. The normalized spacial score (nSPS) is 13.9. The van der Waals surface area contributed by atoms with Gasteiger partial charge in [0, 0.05) is 49.4 Å². The minimum Gasteiger partial charge on any atom is -0.493 e. The average molecular weight is 417 g/mol. The maximum absolute atomic E-state index is 6.07. The fourth-order valence-electron chi connectivity index (χ4n) is 3.99. The second-order valence-corrected chi connectivity index (χ2v) is 7.48. The number of aromatic nitrogens is 5. The molecule has 4 heterocycles. The summed E-state index contributed by atoms with van der Waals surface area (Å²) in [4.78, 5) is 15.5. The number of hydrogen-bond acceptors (Lipinski definition) is 8. The first kappa shape index (κ1) is 19.3. The minimum atomic E-state index is 0.312. The van der Waals surface area contributed by atoms with E-state index in [9.17, 15) is 0 Å². The lowest BCUT2D eigenvalue weighted by molar-refractivity contribution is 0.244. The van der Waals surface area contributed by atoms with Gasteiger partial charge in [-0.25, -0.2) is 9.97 Å². The lowest BCUT2D eigenvalue weighted by Crippen LogP contribution is -2.30. The van der Waals surface area contributed by atoms with Crippen molar-refractivity contribution >= 4 is 11.6 Å². The molecule has 1 aliphatic heterocycles. The number of anilines is 1. The molecule has 0 unspecified atom stereocenters. The third kappa shape index (κ3) is 3.53. The van der Waals surface area contributed by atoms with Crippen molar-refractivity contribution in [1.29, 1.82) is 0 Å². The summed E-state index contributed by atoms with van der Waals surface area (Å²) in [6.07, 6.45) is 6.17. The van der Waals surface area contributed by atoms with Crippen LogP contribution in [0.25, 0.3) is 17.0 Å². The molecular formula is C22H23N7O2. The number of nitrogens with zero attached hydrogens (tertiary/aromatic N) is 6. The monoisotopic (exact) mass is 417 g/mol. The largest absolute Gasteiger partial charge is 0.493 e. The van der Waals surface area contributed by atoms with E-state index in [0.29, 0.717) is 18.3 Å². The smallest absolute Gasteiger partial charge is 0.223 e. The van der Waals surface area contributed by atoms with Gasteiger partial charge in [0.1, 0.15) is 0 Å². The number of methoxy groups -OCH3 is 2. The molecule has 0 bridgehead atoms. The number of benzene rings is 1. The summed E-state index contributed by atoms with van der Waals surface area (Å²) in [5, 5.41) is 4.56. The number of nitrogen functional groups attached to an aromatic ring is 1. The van der Waals surface area contributed by atoms with E-state index in [2.05, 4.69) is 32.1 Å². The third-order valence-corrected chi connectivity index (χ3v) is 5.59. The van der Waals surface area contributed by atoms with E-state index in [-0.39, 0.29) is 0 Å². The Labute approximate surface area is 179 Å². The lowest BCUT2D eigenvalue weighted by atomic mass is 9.98. The third-order valence-electron chi connectivity index (χ3n) is 5.59. The standard InChI is InChI=1S/C22H23N7O2/c1-30-18-9-15-5-8-28(12-16(15)10-19(18)31-2)13-17-11-25-22(23)29-21(17)26-20(27-29)14-3-6-24-7-4-14/h3-4,6-7,9-11H,5,8,12-13H2,1-2H3,(H2,23,25). The van der Waals surface area contributed by atoms with Crippen LogP contribution in [0.4, 0.5) is 5.95 Å². The van der Waals surface area contributed by atoms with Crippen LogP contribution < -0.4 is 15.2 Å². The van der Waals surface area contributed by atoms with E-state index in [4.69, 9.17) is 20.2 Å². The Balaban J connectivity index is 1.45. The van der Waals surface area contributed by atoms with Crippen LogP contribution >= 0.6 is 0 Å². The Morgan fingerprint density at radius 2 is 1.81 bits per heavy atom. The van der Waals surface area contributed by atoms with Gasteiger partial charge in [0.25, 0.3) is 0 Å². The van der Waals surface area contributed by atoms with Crippen molar-refractivity contribution in [3.63, 3.8) is 0 Å². The molecule has 1 aromatic carbocycles. The Kier molecular flexibility index (Phi) is 4.87. The van der Waals surface area contributed by atoms with Crippen molar-refractivity contribution in [2.75, 3.05) is 26.5 Å². The molecule has 0 spiro atoms. The Morgan fingerprint density at radius 1 is 1.06 bits per heavy atom. The van der Waals surface area contributed by atoms with Crippen molar-refractivity contribution in [1.82, 2.24) is 29.5 Å². The first-order valence-electron chi connectivity index (χ1n) is 10.0. The maximum Gasteiger partial charge on any atom is 0.223 e. The minimum absolute atomic E-state index is 0.312. The summed E-state index contributed by atoms with van der Waals surface area (Å²) in [5.74, 6) is 2.43. The maximum atomic E-state index is 6.07. The quantitative estimate of drug-likeness (QED) is 0.528. The molecule has 3 aromatic heterocycles. The zero-order valence-corrected chi connectivity index (χ0v) is 17.4. The Morgan fingerprint density at radius 3 is 2.55 bits per heavy atom. The van der Waals surface area contributed by atoms with Gasteiger partial charge < -0.3 is 15.2 Å². The first-order valence-corrected chi connectivity index (χ1v) is 10.0. The fourth-order valence-corrected chi connectivity index (χ4v) is 3.99.